The zero-order valence-electron chi connectivity index (χ0n) is 5.05. The molecule has 1 rings (SSSR count). The number of ether oxygens (including phenoxy) is 2. The van der Waals surface area contributed by atoms with Gasteiger partial charge in [-0.1, -0.05) is 31.9 Å². The maximum Gasteiger partial charge on any atom is 0.508 e. The standard InChI is InChI=1S/C5H6Br2O3/c6-4(7)1-3-2-9-5(8)10-3/h3-4H,1-2H2. The summed E-state index contributed by atoms with van der Waals surface area (Å²) in [6.07, 6.45) is 0.0630. The molecule has 0 aromatic heterocycles. The van der Waals surface area contributed by atoms with Crippen LogP contribution in [0, 0.1) is 0 Å². The normalized spacial score (nSPS) is 24.7. The lowest BCUT2D eigenvalue weighted by atomic mass is 10.3. The molecule has 5 heteroatoms. The van der Waals surface area contributed by atoms with Gasteiger partial charge in [-0.15, -0.1) is 0 Å². The average Bonchev–Trinajstić information content (AvgIpc) is 2.13. The van der Waals surface area contributed by atoms with Gasteiger partial charge < -0.3 is 9.47 Å². The van der Waals surface area contributed by atoms with Crippen molar-refractivity contribution in [3.63, 3.8) is 0 Å². The van der Waals surface area contributed by atoms with Crippen LogP contribution < -0.4 is 0 Å². The van der Waals surface area contributed by atoms with E-state index in [2.05, 4.69) is 36.6 Å². The summed E-state index contributed by atoms with van der Waals surface area (Å²) in [6.45, 7) is 0.368. The summed E-state index contributed by atoms with van der Waals surface area (Å²) in [5.41, 5.74) is 0. The van der Waals surface area contributed by atoms with E-state index < -0.39 is 6.16 Å². The first-order valence-corrected chi connectivity index (χ1v) is 4.63. The molecule has 0 amide bonds. The van der Waals surface area contributed by atoms with E-state index in [1.807, 2.05) is 0 Å². The molecule has 10 heavy (non-hydrogen) atoms. The van der Waals surface area contributed by atoms with E-state index in [1.54, 1.807) is 0 Å². The Bertz CT molecular complexity index is 137. The summed E-state index contributed by atoms with van der Waals surface area (Å²) in [6, 6.07) is 0. The minimum atomic E-state index is -0.564. The fraction of sp³-hybridized carbons (Fsp3) is 0.800. The first kappa shape index (κ1) is 8.33. The molecule has 1 saturated heterocycles. The smallest absolute Gasteiger partial charge is 0.430 e. The van der Waals surface area contributed by atoms with Crippen molar-refractivity contribution >= 4 is 38.0 Å². The summed E-state index contributed by atoms with van der Waals surface area (Å²) in [5.74, 6) is 0. The molecule has 1 heterocycles. The zero-order valence-corrected chi connectivity index (χ0v) is 8.22. The van der Waals surface area contributed by atoms with Crippen molar-refractivity contribution in [3.8, 4) is 0 Å². The van der Waals surface area contributed by atoms with Crippen LogP contribution in [0.25, 0.3) is 0 Å². The van der Waals surface area contributed by atoms with E-state index in [4.69, 9.17) is 4.74 Å². The van der Waals surface area contributed by atoms with Crippen LogP contribution >= 0.6 is 31.9 Å². The topological polar surface area (TPSA) is 35.5 Å². The van der Waals surface area contributed by atoms with Gasteiger partial charge in [-0.25, -0.2) is 4.79 Å². The maximum absolute atomic E-state index is 10.4. The molecule has 1 fully saturated rings. The Morgan fingerprint density at radius 3 is 2.80 bits per heavy atom. The monoisotopic (exact) mass is 272 g/mol. The summed E-state index contributed by atoms with van der Waals surface area (Å²) in [4.78, 5) is 10.4. The van der Waals surface area contributed by atoms with Crippen molar-refractivity contribution in [2.24, 2.45) is 0 Å². The van der Waals surface area contributed by atoms with E-state index in [0.29, 0.717) is 6.61 Å². The number of carbonyl (C=O) groups is 1. The van der Waals surface area contributed by atoms with Crippen molar-refractivity contribution in [1.82, 2.24) is 0 Å². The summed E-state index contributed by atoms with van der Waals surface area (Å²) in [7, 11) is 0. The highest BCUT2D eigenvalue weighted by Gasteiger charge is 2.25. The van der Waals surface area contributed by atoms with Crippen molar-refractivity contribution in [2.75, 3.05) is 6.61 Å². The minimum Gasteiger partial charge on any atom is -0.430 e. The molecule has 3 nitrogen and oxygen atoms in total. The number of hydrogen-bond donors (Lipinski definition) is 0. The molecule has 1 aliphatic heterocycles. The van der Waals surface area contributed by atoms with Crippen LogP contribution in [-0.4, -0.2) is 22.6 Å². The second kappa shape index (κ2) is 3.57. The lowest BCUT2D eigenvalue weighted by Gasteiger charge is -2.05. The molecule has 1 atom stereocenters. The van der Waals surface area contributed by atoms with E-state index in [9.17, 15) is 4.79 Å². The van der Waals surface area contributed by atoms with Gasteiger partial charge in [0.05, 0.1) is 3.74 Å². The molecule has 0 aliphatic carbocycles. The quantitative estimate of drug-likeness (QED) is 0.571. The Kier molecular flexibility index (Phi) is 2.97. The van der Waals surface area contributed by atoms with Gasteiger partial charge in [0.25, 0.3) is 0 Å². The van der Waals surface area contributed by atoms with Crippen LogP contribution in [0.3, 0.4) is 0 Å². The SMILES string of the molecule is O=C1OCC(CC(Br)Br)O1. The lowest BCUT2D eigenvalue weighted by Crippen LogP contribution is -2.12. The van der Waals surface area contributed by atoms with Crippen LogP contribution in [0.1, 0.15) is 6.42 Å². The highest BCUT2D eigenvalue weighted by atomic mass is 79.9. The highest BCUT2D eigenvalue weighted by Crippen LogP contribution is 2.20. The molecular formula is C5H6Br2O3. The van der Waals surface area contributed by atoms with Crippen molar-refractivity contribution < 1.29 is 14.3 Å². The first-order valence-electron chi connectivity index (χ1n) is 2.80. The van der Waals surface area contributed by atoms with E-state index in [1.165, 1.54) is 0 Å². The number of alkyl halides is 2. The Hall–Kier alpha value is 0.230. The number of hydrogen-bond acceptors (Lipinski definition) is 3. The number of carbonyl (C=O) groups excluding carboxylic acids is 1. The molecule has 0 saturated carbocycles. The van der Waals surface area contributed by atoms with Crippen LogP contribution in [0.2, 0.25) is 0 Å². The highest BCUT2D eigenvalue weighted by molar-refractivity contribution is 9.24. The molecule has 0 radical (unpaired) electrons. The third-order valence-electron chi connectivity index (χ3n) is 1.09. The Morgan fingerprint density at radius 2 is 2.40 bits per heavy atom. The van der Waals surface area contributed by atoms with Gasteiger partial charge in [-0.3, -0.25) is 0 Å². The van der Waals surface area contributed by atoms with Gasteiger partial charge in [0.2, 0.25) is 0 Å². The van der Waals surface area contributed by atoms with E-state index in [-0.39, 0.29) is 9.84 Å². The fourth-order valence-electron chi connectivity index (χ4n) is 0.680. The summed E-state index contributed by atoms with van der Waals surface area (Å²) < 4.78 is 9.49. The Labute approximate surface area is 75.3 Å². The largest absolute Gasteiger partial charge is 0.508 e. The van der Waals surface area contributed by atoms with Crippen molar-refractivity contribution in [1.29, 1.82) is 0 Å². The second-order valence-electron chi connectivity index (χ2n) is 1.93. The molecule has 58 valence electrons. The minimum absolute atomic E-state index is 0.101. The molecule has 0 aromatic rings. The second-order valence-corrected chi connectivity index (χ2v) is 5.37. The summed E-state index contributed by atoms with van der Waals surface area (Å²) in [5, 5.41) is 0. The molecule has 0 N–H and O–H groups in total. The number of rotatable bonds is 2. The third-order valence-corrected chi connectivity index (χ3v) is 1.84. The molecule has 0 bridgehead atoms. The molecular weight excluding hydrogens is 268 g/mol. The van der Waals surface area contributed by atoms with E-state index in [0.717, 1.165) is 6.42 Å². The zero-order chi connectivity index (χ0) is 7.56. The number of cyclic esters (lactones) is 2. The first-order chi connectivity index (χ1) is 4.68. The van der Waals surface area contributed by atoms with Gasteiger partial charge in [0.15, 0.2) is 0 Å². The van der Waals surface area contributed by atoms with Gasteiger partial charge in [0, 0.05) is 6.42 Å². The predicted molar refractivity (Wildman–Crippen MR) is 42.5 cm³/mol. The van der Waals surface area contributed by atoms with Crippen molar-refractivity contribution in [3.05, 3.63) is 0 Å². The van der Waals surface area contributed by atoms with Gasteiger partial charge >= 0.3 is 6.16 Å². The van der Waals surface area contributed by atoms with Crippen LogP contribution in [0.5, 0.6) is 0 Å². The molecule has 1 aliphatic rings. The average molecular weight is 274 g/mol. The lowest BCUT2D eigenvalue weighted by molar-refractivity contribution is 0.117. The molecule has 0 spiro atoms. The fourth-order valence-corrected chi connectivity index (χ4v) is 1.51. The molecule has 1 unspecified atom stereocenters. The third kappa shape index (κ3) is 2.46. The van der Waals surface area contributed by atoms with Gasteiger partial charge in [0.1, 0.15) is 12.7 Å². The van der Waals surface area contributed by atoms with Gasteiger partial charge in [-0.2, -0.15) is 0 Å². The van der Waals surface area contributed by atoms with E-state index >= 15 is 0 Å². The van der Waals surface area contributed by atoms with Crippen LogP contribution in [0.4, 0.5) is 4.79 Å². The number of halogens is 2. The predicted octanol–water partition coefficient (Wildman–Crippen LogP) is 2.03. The maximum atomic E-state index is 10.4. The van der Waals surface area contributed by atoms with Crippen LogP contribution in [0.15, 0.2) is 0 Å². The van der Waals surface area contributed by atoms with Crippen LogP contribution in [-0.2, 0) is 9.47 Å². The Balaban J connectivity index is 2.24. The van der Waals surface area contributed by atoms with Gasteiger partial charge in [-0.05, 0) is 0 Å². The Morgan fingerprint density at radius 1 is 1.70 bits per heavy atom. The van der Waals surface area contributed by atoms with Crippen molar-refractivity contribution in [2.45, 2.75) is 16.3 Å². The molecule has 0 aromatic carbocycles. The summed E-state index contributed by atoms with van der Waals surface area (Å²) >= 11 is 6.55.